The Hall–Kier alpha value is -3.87. The first-order valence-electron chi connectivity index (χ1n) is 8.93. The highest BCUT2D eigenvalue weighted by Gasteiger charge is 2.11. The molecule has 0 fully saturated rings. The summed E-state index contributed by atoms with van der Waals surface area (Å²) >= 11 is 0. The fraction of sp³-hybridized carbons (Fsp3) is 0.0909. The number of benzene rings is 2. The van der Waals surface area contributed by atoms with Crippen molar-refractivity contribution in [2.45, 2.75) is 6.61 Å². The van der Waals surface area contributed by atoms with Crippen LogP contribution in [0.1, 0.15) is 16.1 Å². The Labute approximate surface area is 166 Å². The minimum atomic E-state index is -0.469. The topological polar surface area (TPSA) is 64.9 Å². The van der Waals surface area contributed by atoms with Crippen LogP contribution in [0.5, 0.6) is 11.5 Å². The van der Waals surface area contributed by atoms with Crippen LogP contribution >= 0.6 is 0 Å². The van der Waals surface area contributed by atoms with E-state index in [9.17, 15) is 9.18 Å². The molecule has 0 bridgehead atoms. The lowest BCUT2D eigenvalue weighted by Crippen LogP contribution is -2.12. The summed E-state index contributed by atoms with van der Waals surface area (Å²) in [5.74, 6) is 0.101. The number of rotatable bonds is 6. The third-order valence-electron chi connectivity index (χ3n) is 4.30. The minimum Gasteiger partial charge on any atom is -0.493 e. The average molecular weight is 391 g/mol. The first-order valence-corrected chi connectivity index (χ1v) is 8.93. The number of ether oxygens (including phenoxy) is 2. The van der Waals surface area contributed by atoms with Crippen molar-refractivity contribution in [1.29, 1.82) is 0 Å². The van der Waals surface area contributed by atoms with E-state index in [1.54, 1.807) is 24.3 Å². The van der Waals surface area contributed by atoms with Crippen molar-refractivity contribution in [2.24, 2.45) is 0 Å². The van der Waals surface area contributed by atoms with Crippen molar-refractivity contribution in [3.05, 3.63) is 90.1 Å². The van der Waals surface area contributed by atoms with E-state index >= 15 is 0 Å². The first-order chi connectivity index (χ1) is 14.1. The van der Waals surface area contributed by atoms with Crippen LogP contribution < -0.4 is 14.8 Å². The van der Waals surface area contributed by atoms with Gasteiger partial charge in [-0.1, -0.05) is 12.1 Å². The lowest BCUT2D eigenvalue weighted by Gasteiger charge is -2.12. The van der Waals surface area contributed by atoms with E-state index in [4.69, 9.17) is 9.47 Å². The Kier molecular flexibility index (Phi) is 5.11. The van der Waals surface area contributed by atoms with E-state index in [0.29, 0.717) is 17.2 Å². The third kappa shape index (κ3) is 4.19. The summed E-state index contributed by atoms with van der Waals surface area (Å²) in [6, 6.07) is 16.3. The summed E-state index contributed by atoms with van der Waals surface area (Å²) in [5, 5.41) is 2.74. The average Bonchev–Trinajstić information content (AvgIpc) is 3.15. The molecule has 2 aromatic heterocycles. The lowest BCUT2D eigenvalue weighted by atomic mass is 10.2. The second-order valence-electron chi connectivity index (χ2n) is 6.32. The van der Waals surface area contributed by atoms with Gasteiger partial charge in [0.05, 0.1) is 12.8 Å². The number of imidazole rings is 1. The summed E-state index contributed by atoms with van der Waals surface area (Å²) in [6.45, 7) is 0.235. The van der Waals surface area contributed by atoms with Crippen molar-refractivity contribution in [2.75, 3.05) is 12.4 Å². The van der Waals surface area contributed by atoms with Crippen LogP contribution in [0.4, 0.5) is 10.1 Å². The molecule has 2 heterocycles. The van der Waals surface area contributed by atoms with E-state index in [1.165, 1.54) is 25.3 Å². The molecule has 1 amide bonds. The summed E-state index contributed by atoms with van der Waals surface area (Å²) in [7, 11) is 1.54. The van der Waals surface area contributed by atoms with Crippen molar-refractivity contribution in [1.82, 2.24) is 9.38 Å². The zero-order chi connectivity index (χ0) is 20.2. The molecule has 4 aromatic rings. The molecule has 7 heteroatoms. The molecule has 0 aliphatic carbocycles. The standard InChI is InChI=1S/C22H18FN3O3/c1-28-19-9-8-17(25-22(27)15-5-4-6-16(23)11-15)12-20(19)29-14-18-13-26-10-3-2-7-21(26)24-18/h2-13H,14H2,1H3,(H,25,27). The Balaban J connectivity index is 1.51. The SMILES string of the molecule is COc1ccc(NC(=O)c2cccc(F)c2)cc1OCc1cn2ccccc2n1. The molecular weight excluding hydrogens is 373 g/mol. The molecule has 146 valence electrons. The van der Waals surface area contributed by atoms with Gasteiger partial charge < -0.3 is 19.2 Å². The van der Waals surface area contributed by atoms with Crippen molar-refractivity contribution < 1.29 is 18.7 Å². The van der Waals surface area contributed by atoms with Gasteiger partial charge in [0, 0.05) is 29.7 Å². The number of aromatic nitrogens is 2. The molecule has 0 atom stereocenters. The fourth-order valence-electron chi connectivity index (χ4n) is 2.91. The van der Waals surface area contributed by atoms with E-state index < -0.39 is 11.7 Å². The number of nitrogens with zero attached hydrogens (tertiary/aromatic N) is 2. The predicted octanol–water partition coefficient (Wildman–Crippen LogP) is 4.31. The molecule has 0 spiro atoms. The number of anilines is 1. The van der Waals surface area contributed by atoms with Gasteiger partial charge in [-0.05, 0) is 42.5 Å². The number of methoxy groups -OCH3 is 1. The van der Waals surface area contributed by atoms with Crippen LogP contribution in [0, 0.1) is 5.82 Å². The van der Waals surface area contributed by atoms with Crippen LogP contribution in [-0.2, 0) is 6.61 Å². The van der Waals surface area contributed by atoms with Gasteiger partial charge in [-0.25, -0.2) is 9.37 Å². The number of carbonyl (C=O) groups excluding carboxylic acids is 1. The second kappa shape index (κ2) is 8.02. The molecule has 1 N–H and O–H groups in total. The zero-order valence-corrected chi connectivity index (χ0v) is 15.6. The van der Waals surface area contributed by atoms with E-state index in [-0.39, 0.29) is 12.2 Å². The number of hydrogen-bond donors (Lipinski definition) is 1. The molecule has 6 nitrogen and oxygen atoms in total. The minimum absolute atomic E-state index is 0.230. The summed E-state index contributed by atoms with van der Waals surface area (Å²) in [6.07, 6.45) is 3.80. The fourth-order valence-corrected chi connectivity index (χ4v) is 2.91. The van der Waals surface area contributed by atoms with Gasteiger partial charge in [0.1, 0.15) is 18.1 Å². The van der Waals surface area contributed by atoms with Crippen LogP contribution in [0.2, 0.25) is 0 Å². The largest absolute Gasteiger partial charge is 0.493 e. The first kappa shape index (κ1) is 18.5. The van der Waals surface area contributed by atoms with Gasteiger partial charge >= 0.3 is 0 Å². The van der Waals surface area contributed by atoms with Crippen molar-refractivity contribution in [3.8, 4) is 11.5 Å². The number of fused-ring (bicyclic) bond motifs is 1. The number of amides is 1. The molecule has 29 heavy (non-hydrogen) atoms. The zero-order valence-electron chi connectivity index (χ0n) is 15.6. The summed E-state index contributed by atoms with van der Waals surface area (Å²) in [5.41, 5.74) is 2.32. The molecular formula is C22H18FN3O3. The number of halogens is 1. The summed E-state index contributed by atoms with van der Waals surface area (Å²) < 4.78 is 26.5. The van der Waals surface area contributed by atoms with Gasteiger partial charge in [0.15, 0.2) is 11.5 Å². The van der Waals surface area contributed by atoms with E-state index in [1.807, 2.05) is 35.0 Å². The number of carbonyl (C=O) groups is 1. The van der Waals surface area contributed by atoms with Crippen LogP contribution in [0.25, 0.3) is 5.65 Å². The molecule has 0 saturated carbocycles. The summed E-state index contributed by atoms with van der Waals surface area (Å²) in [4.78, 5) is 16.8. The molecule has 0 saturated heterocycles. The highest BCUT2D eigenvalue weighted by molar-refractivity contribution is 6.04. The quantitative estimate of drug-likeness (QED) is 0.532. The molecule has 0 aliphatic rings. The van der Waals surface area contributed by atoms with Gasteiger partial charge in [-0.15, -0.1) is 0 Å². The number of hydrogen-bond acceptors (Lipinski definition) is 4. The molecule has 0 unspecified atom stereocenters. The Bertz CT molecular complexity index is 1140. The maximum absolute atomic E-state index is 13.3. The van der Waals surface area contributed by atoms with Crippen LogP contribution in [-0.4, -0.2) is 22.4 Å². The smallest absolute Gasteiger partial charge is 0.255 e. The van der Waals surface area contributed by atoms with E-state index in [2.05, 4.69) is 10.3 Å². The number of nitrogens with one attached hydrogen (secondary N) is 1. The van der Waals surface area contributed by atoms with Gasteiger partial charge in [0.25, 0.3) is 5.91 Å². The van der Waals surface area contributed by atoms with Crippen LogP contribution in [0.3, 0.4) is 0 Å². The van der Waals surface area contributed by atoms with Gasteiger partial charge in [-0.3, -0.25) is 4.79 Å². The molecule has 4 rings (SSSR count). The lowest BCUT2D eigenvalue weighted by molar-refractivity contribution is 0.102. The maximum Gasteiger partial charge on any atom is 0.255 e. The Morgan fingerprint density at radius 3 is 2.79 bits per heavy atom. The van der Waals surface area contributed by atoms with E-state index in [0.717, 1.165) is 11.3 Å². The van der Waals surface area contributed by atoms with Crippen molar-refractivity contribution >= 4 is 17.2 Å². The van der Waals surface area contributed by atoms with Gasteiger partial charge in [0.2, 0.25) is 0 Å². The monoisotopic (exact) mass is 391 g/mol. The second-order valence-corrected chi connectivity index (χ2v) is 6.32. The van der Waals surface area contributed by atoms with Gasteiger partial charge in [-0.2, -0.15) is 0 Å². The number of pyridine rings is 1. The third-order valence-corrected chi connectivity index (χ3v) is 4.30. The molecule has 0 aliphatic heterocycles. The molecule has 2 aromatic carbocycles. The molecule has 0 radical (unpaired) electrons. The van der Waals surface area contributed by atoms with Crippen molar-refractivity contribution in [3.63, 3.8) is 0 Å². The normalized spacial score (nSPS) is 10.7. The van der Waals surface area contributed by atoms with Crippen LogP contribution in [0.15, 0.2) is 73.1 Å². The predicted molar refractivity (Wildman–Crippen MR) is 107 cm³/mol. The highest BCUT2D eigenvalue weighted by atomic mass is 19.1. The Morgan fingerprint density at radius 2 is 2.00 bits per heavy atom. The maximum atomic E-state index is 13.3. The highest BCUT2D eigenvalue weighted by Crippen LogP contribution is 2.31. The Morgan fingerprint density at radius 1 is 1.10 bits per heavy atom.